The zero-order chi connectivity index (χ0) is 27.4. The van der Waals surface area contributed by atoms with Crippen molar-refractivity contribution >= 4 is 35.1 Å². The highest BCUT2D eigenvalue weighted by atomic mass is 16.4. The fourth-order valence-corrected chi connectivity index (χ4v) is 4.06. The van der Waals surface area contributed by atoms with E-state index in [9.17, 15) is 29.4 Å². The van der Waals surface area contributed by atoms with E-state index in [-0.39, 0.29) is 22.3 Å². The minimum atomic E-state index is -1.43. The number of carbonyl (C=O) groups excluding carboxylic acids is 4. The number of rotatable bonds is 7. The van der Waals surface area contributed by atoms with Crippen molar-refractivity contribution in [3.8, 4) is 11.1 Å². The Morgan fingerprint density at radius 2 is 0.868 bits per heavy atom. The number of amides is 2. The van der Waals surface area contributed by atoms with E-state index in [1.807, 2.05) is 38.1 Å². The summed E-state index contributed by atoms with van der Waals surface area (Å²) in [5, 5.41) is 28.2. The predicted octanol–water partition coefficient (Wildman–Crippen LogP) is 3.20. The van der Waals surface area contributed by atoms with Crippen molar-refractivity contribution < 1.29 is 29.4 Å². The third-order valence-corrected chi connectivity index (χ3v) is 6.07. The van der Waals surface area contributed by atoms with Gasteiger partial charge in [-0.2, -0.15) is 0 Å². The lowest BCUT2D eigenvalue weighted by Crippen LogP contribution is -2.26. The fourth-order valence-electron chi connectivity index (χ4n) is 4.06. The Bertz CT molecular complexity index is 1470. The van der Waals surface area contributed by atoms with Gasteiger partial charge in [0.25, 0.3) is 11.8 Å². The Kier molecular flexibility index (Phi) is 7.34. The van der Waals surface area contributed by atoms with Crippen LogP contribution in [0.1, 0.15) is 52.6 Å². The number of hydrogen-bond acceptors (Lipinski definition) is 6. The van der Waals surface area contributed by atoms with Crippen molar-refractivity contribution in [2.24, 2.45) is 0 Å². The molecule has 0 atom stereocenters. The Morgan fingerprint density at radius 3 is 1.18 bits per heavy atom. The van der Waals surface area contributed by atoms with E-state index in [4.69, 9.17) is 0 Å². The molecule has 2 amide bonds. The van der Waals surface area contributed by atoms with Crippen LogP contribution in [-0.4, -0.2) is 23.8 Å². The summed E-state index contributed by atoms with van der Waals surface area (Å²) in [5.41, 5.74) is 3.93. The normalized spacial score (nSPS) is 10.5. The van der Waals surface area contributed by atoms with E-state index in [1.54, 1.807) is 24.3 Å². The SMILES string of the molecule is Cc1cc(-c2ccc(NC(=O)c3ccccc3C(=O)[O-])c(C)c2)ccc1NC(=O)c1ccccc1C(=O)[O-]. The highest BCUT2D eigenvalue weighted by Gasteiger charge is 2.15. The van der Waals surface area contributed by atoms with Crippen LogP contribution < -0.4 is 20.8 Å². The van der Waals surface area contributed by atoms with Gasteiger partial charge in [0.15, 0.2) is 0 Å². The Hall–Kier alpha value is -5.24. The maximum atomic E-state index is 12.7. The summed E-state index contributed by atoms with van der Waals surface area (Å²) in [6.07, 6.45) is 0. The molecule has 190 valence electrons. The average molecular weight is 507 g/mol. The topological polar surface area (TPSA) is 138 Å². The third-order valence-electron chi connectivity index (χ3n) is 6.07. The second-order valence-corrected chi connectivity index (χ2v) is 8.63. The van der Waals surface area contributed by atoms with Crippen LogP contribution in [0, 0.1) is 13.8 Å². The van der Waals surface area contributed by atoms with Gasteiger partial charge in [0.05, 0.1) is 11.9 Å². The van der Waals surface area contributed by atoms with Crippen LogP contribution in [-0.2, 0) is 0 Å². The Balaban J connectivity index is 1.52. The average Bonchev–Trinajstić information content (AvgIpc) is 2.90. The van der Waals surface area contributed by atoms with Gasteiger partial charge in [-0.1, -0.05) is 48.5 Å². The molecule has 8 nitrogen and oxygen atoms in total. The minimum Gasteiger partial charge on any atom is -0.545 e. The molecule has 0 heterocycles. The first-order valence-corrected chi connectivity index (χ1v) is 11.6. The smallest absolute Gasteiger partial charge is 0.256 e. The molecule has 0 bridgehead atoms. The first-order chi connectivity index (χ1) is 18.2. The summed E-state index contributed by atoms with van der Waals surface area (Å²) in [6.45, 7) is 3.64. The summed E-state index contributed by atoms with van der Waals surface area (Å²) in [5.74, 6) is -3.98. The Morgan fingerprint density at radius 1 is 0.526 bits per heavy atom. The van der Waals surface area contributed by atoms with E-state index < -0.39 is 23.8 Å². The molecule has 0 fully saturated rings. The van der Waals surface area contributed by atoms with Gasteiger partial charge in [-0.15, -0.1) is 0 Å². The van der Waals surface area contributed by atoms with Gasteiger partial charge >= 0.3 is 0 Å². The molecule has 0 radical (unpaired) electrons. The summed E-state index contributed by atoms with van der Waals surface area (Å²) in [7, 11) is 0. The molecule has 0 saturated heterocycles. The van der Waals surface area contributed by atoms with Gasteiger partial charge in [-0.05, 0) is 72.5 Å². The number of aromatic carboxylic acids is 2. The van der Waals surface area contributed by atoms with Crippen molar-refractivity contribution in [2.45, 2.75) is 13.8 Å². The first-order valence-electron chi connectivity index (χ1n) is 11.6. The van der Waals surface area contributed by atoms with E-state index in [0.717, 1.165) is 22.3 Å². The molecule has 38 heavy (non-hydrogen) atoms. The van der Waals surface area contributed by atoms with Crippen molar-refractivity contribution in [1.29, 1.82) is 0 Å². The standard InChI is InChI=1S/C30H24N2O6/c1-17-15-19(11-13-25(17)31-27(33)21-7-3-5-9-23(21)29(35)36)20-12-14-26(18(2)16-20)32-28(34)22-8-4-6-10-24(22)30(37)38/h3-16H,1-2H3,(H,31,33)(H,32,34)(H,35,36)(H,37,38)/p-2. The molecule has 8 heteroatoms. The first kappa shape index (κ1) is 25.8. The zero-order valence-corrected chi connectivity index (χ0v) is 20.5. The van der Waals surface area contributed by atoms with Gasteiger partial charge in [0.2, 0.25) is 0 Å². The number of carbonyl (C=O) groups is 4. The molecule has 0 unspecified atom stereocenters. The van der Waals surface area contributed by atoms with E-state index in [2.05, 4.69) is 10.6 Å². The lowest BCUT2D eigenvalue weighted by molar-refractivity contribution is -0.256. The fraction of sp³-hybridized carbons (Fsp3) is 0.0667. The van der Waals surface area contributed by atoms with E-state index >= 15 is 0 Å². The second-order valence-electron chi connectivity index (χ2n) is 8.63. The largest absolute Gasteiger partial charge is 0.545 e. The van der Waals surface area contributed by atoms with Gasteiger partial charge in [-0.25, -0.2) is 0 Å². The van der Waals surface area contributed by atoms with Gasteiger partial charge in [0.1, 0.15) is 0 Å². The maximum Gasteiger partial charge on any atom is 0.256 e. The van der Waals surface area contributed by atoms with Crippen molar-refractivity contribution in [2.75, 3.05) is 10.6 Å². The molecule has 0 aliphatic heterocycles. The molecule has 0 aliphatic carbocycles. The van der Waals surface area contributed by atoms with Crippen LogP contribution in [0.15, 0.2) is 84.9 Å². The summed E-state index contributed by atoms with van der Waals surface area (Å²) in [4.78, 5) is 48.1. The van der Waals surface area contributed by atoms with Crippen LogP contribution in [0.3, 0.4) is 0 Å². The molecule has 0 spiro atoms. The quantitative estimate of drug-likeness (QED) is 0.395. The third kappa shape index (κ3) is 5.44. The number of hydrogen-bond donors (Lipinski definition) is 2. The lowest BCUT2D eigenvalue weighted by Gasteiger charge is -2.15. The number of carboxylic acids is 2. The van der Waals surface area contributed by atoms with E-state index in [0.29, 0.717) is 11.4 Å². The number of aryl methyl sites for hydroxylation is 2. The van der Waals surface area contributed by atoms with Gasteiger partial charge in [-0.3, -0.25) is 9.59 Å². The number of carboxylic acid groups (broad SMARTS) is 2. The number of anilines is 2. The van der Waals surface area contributed by atoms with Crippen LogP contribution in [0.25, 0.3) is 11.1 Å². The van der Waals surface area contributed by atoms with Gasteiger partial charge < -0.3 is 30.4 Å². The van der Waals surface area contributed by atoms with Crippen LogP contribution >= 0.6 is 0 Å². The minimum absolute atomic E-state index is 0.00600. The highest BCUT2D eigenvalue weighted by Crippen LogP contribution is 2.29. The molecule has 4 aromatic rings. The van der Waals surface area contributed by atoms with Crippen molar-refractivity contribution in [3.63, 3.8) is 0 Å². The van der Waals surface area contributed by atoms with Gasteiger partial charge in [0, 0.05) is 33.6 Å². The zero-order valence-electron chi connectivity index (χ0n) is 20.5. The maximum absolute atomic E-state index is 12.7. The van der Waals surface area contributed by atoms with E-state index in [1.165, 1.54) is 36.4 Å². The molecular weight excluding hydrogens is 484 g/mol. The monoisotopic (exact) mass is 506 g/mol. The second kappa shape index (κ2) is 10.8. The van der Waals surface area contributed by atoms with Crippen LogP contribution in [0.5, 0.6) is 0 Å². The molecular formula is C30H22N2O6-2. The number of benzene rings is 4. The molecule has 0 aliphatic rings. The summed E-state index contributed by atoms with van der Waals surface area (Å²) in [6, 6.07) is 22.5. The molecule has 4 aromatic carbocycles. The van der Waals surface area contributed by atoms with Crippen LogP contribution in [0.2, 0.25) is 0 Å². The predicted molar refractivity (Wildman–Crippen MR) is 139 cm³/mol. The molecule has 0 aromatic heterocycles. The van der Waals surface area contributed by atoms with Crippen molar-refractivity contribution in [1.82, 2.24) is 0 Å². The lowest BCUT2D eigenvalue weighted by atomic mass is 9.99. The molecule has 2 N–H and O–H groups in total. The molecule has 0 saturated carbocycles. The van der Waals surface area contributed by atoms with Crippen molar-refractivity contribution in [3.05, 3.63) is 118 Å². The summed E-state index contributed by atoms with van der Waals surface area (Å²) < 4.78 is 0. The summed E-state index contributed by atoms with van der Waals surface area (Å²) >= 11 is 0. The van der Waals surface area contributed by atoms with Crippen LogP contribution in [0.4, 0.5) is 11.4 Å². The molecule has 4 rings (SSSR count). The highest BCUT2D eigenvalue weighted by molar-refractivity contribution is 6.11. The Labute approximate surface area is 218 Å². The number of nitrogens with one attached hydrogen (secondary N) is 2.